The maximum absolute atomic E-state index is 5.50. The molecule has 1 aliphatic heterocycles. The minimum Gasteiger partial charge on any atom is -0.452 e. The summed E-state index contributed by atoms with van der Waals surface area (Å²) in [7, 11) is 0. The number of hydrogen-bond acceptors (Lipinski definition) is 4. The fourth-order valence-corrected chi connectivity index (χ4v) is 1.04. The summed E-state index contributed by atoms with van der Waals surface area (Å²) in [4.78, 5) is 4.05. The van der Waals surface area contributed by atoms with E-state index >= 15 is 0 Å². The van der Waals surface area contributed by atoms with E-state index in [0.29, 0.717) is 5.75 Å². The summed E-state index contributed by atoms with van der Waals surface area (Å²) in [5.41, 5.74) is 11.8. The van der Waals surface area contributed by atoms with Crippen molar-refractivity contribution in [2.75, 3.05) is 0 Å². The van der Waals surface area contributed by atoms with Crippen LogP contribution in [0.5, 0.6) is 5.75 Å². The molecule has 0 saturated carbocycles. The van der Waals surface area contributed by atoms with E-state index in [0.717, 1.165) is 5.69 Å². The minimum absolute atomic E-state index is 0.616. The van der Waals surface area contributed by atoms with Gasteiger partial charge in [0.15, 0.2) is 0 Å². The maximum Gasteiger partial charge on any atom is 0.250 e. The molecule has 0 spiro atoms. The molecule has 0 aromatic heterocycles. The molecule has 1 aromatic carbocycles. The highest BCUT2D eigenvalue weighted by Gasteiger charge is 2.23. The lowest BCUT2D eigenvalue weighted by Gasteiger charge is -2.25. The van der Waals surface area contributed by atoms with Gasteiger partial charge in [-0.3, -0.25) is 16.5 Å². The second-order valence-electron chi connectivity index (χ2n) is 2.68. The van der Waals surface area contributed by atoms with Crippen molar-refractivity contribution in [1.29, 1.82) is 0 Å². The Morgan fingerprint density at radius 3 is 2.83 bits per heavy atom. The fraction of sp³-hybridized carbons (Fsp3) is 0.125. The number of ether oxygens (including phenoxy) is 1. The Hall–Kier alpha value is -1.39. The van der Waals surface area contributed by atoms with E-state index in [1.807, 2.05) is 18.2 Å². The third kappa shape index (κ3) is 1.17. The number of nitrogens with two attached hydrogens (primary N) is 2. The molecule has 4 N–H and O–H groups in total. The monoisotopic (exact) mass is 163 g/mol. The van der Waals surface area contributed by atoms with Gasteiger partial charge in [0.25, 0.3) is 0 Å². The van der Waals surface area contributed by atoms with E-state index in [1.54, 1.807) is 6.07 Å². The average Bonchev–Trinajstić information content (AvgIpc) is 2.02. The van der Waals surface area contributed by atoms with Gasteiger partial charge in [-0.05, 0) is 12.1 Å². The van der Waals surface area contributed by atoms with Gasteiger partial charge in [0, 0.05) is 0 Å². The summed E-state index contributed by atoms with van der Waals surface area (Å²) >= 11 is 0. The number of benzene rings is 1. The van der Waals surface area contributed by atoms with Crippen LogP contribution >= 0.6 is 0 Å². The summed E-state index contributed by atoms with van der Waals surface area (Å²) < 4.78 is 5.23. The van der Waals surface area contributed by atoms with Crippen LogP contribution in [0.2, 0.25) is 0 Å². The van der Waals surface area contributed by atoms with E-state index in [2.05, 4.69) is 4.99 Å². The van der Waals surface area contributed by atoms with Crippen LogP contribution in [-0.4, -0.2) is 12.1 Å². The van der Waals surface area contributed by atoms with Gasteiger partial charge >= 0.3 is 0 Å². The van der Waals surface area contributed by atoms with Crippen molar-refractivity contribution >= 4 is 11.9 Å². The van der Waals surface area contributed by atoms with Crippen LogP contribution in [-0.2, 0) is 0 Å². The van der Waals surface area contributed by atoms with E-state index in [4.69, 9.17) is 16.2 Å². The zero-order valence-electron chi connectivity index (χ0n) is 6.40. The van der Waals surface area contributed by atoms with Gasteiger partial charge in [-0.25, -0.2) is 0 Å². The molecule has 62 valence electrons. The lowest BCUT2D eigenvalue weighted by Crippen LogP contribution is -2.57. The molecule has 0 unspecified atom stereocenters. The molecule has 0 aliphatic carbocycles. The number of hydrogen-bond donors (Lipinski definition) is 2. The van der Waals surface area contributed by atoms with Gasteiger partial charge in [-0.2, -0.15) is 0 Å². The predicted octanol–water partition coefficient (Wildman–Crippen LogP) is 0.352. The molecule has 0 amide bonds. The highest BCUT2D eigenvalue weighted by Crippen LogP contribution is 2.30. The van der Waals surface area contributed by atoms with E-state index in [-0.39, 0.29) is 0 Å². The molecule has 0 fully saturated rings. The number of aliphatic imine (C=N–C) groups is 1. The number of para-hydroxylation sites is 2. The summed E-state index contributed by atoms with van der Waals surface area (Å²) in [6, 6.07) is 7.33. The Morgan fingerprint density at radius 2 is 2.00 bits per heavy atom. The number of fused-ring (bicyclic) bond motifs is 1. The van der Waals surface area contributed by atoms with Crippen molar-refractivity contribution in [2.45, 2.75) is 5.85 Å². The predicted molar refractivity (Wildman–Crippen MR) is 46.3 cm³/mol. The molecule has 1 heterocycles. The molecule has 0 atom stereocenters. The van der Waals surface area contributed by atoms with Crippen LogP contribution in [0.15, 0.2) is 29.3 Å². The van der Waals surface area contributed by atoms with Crippen molar-refractivity contribution in [1.82, 2.24) is 0 Å². The normalized spacial score (nSPS) is 18.2. The molecule has 4 heteroatoms. The molecule has 0 radical (unpaired) electrons. The van der Waals surface area contributed by atoms with Crippen molar-refractivity contribution in [3.8, 4) is 5.75 Å². The molecular weight excluding hydrogens is 154 g/mol. The van der Waals surface area contributed by atoms with Gasteiger partial charge in [-0.1, -0.05) is 12.1 Å². The zero-order valence-corrected chi connectivity index (χ0v) is 6.40. The van der Waals surface area contributed by atoms with E-state index in [1.165, 1.54) is 6.21 Å². The van der Waals surface area contributed by atoms with Gasteiger partial charge < -0.3 is 4.74 Å². The van der Waals surface area contributed by atoms with Crippen molar-refractivity contribution in [2.24, 2.45) is 16.5 Å². The lowest BCUT2D eigenvalue weighted by atomic mass is 10.2. The summed E-state index contributed by atoms with van der Waals surface area (Å²) in [6.07, 6.45) is 1.38. The van der Waals surface area contributed by atoms with E-state index in [9.17, 15) is 0 Å². The standard InChI is InChI=1S/C8H9N3O/c9-8(10)5-11-6-3-1-2-4-7(6)12-8/h1-5H,9-10H2. The Labute approximate surface area is 69.8 Å². The van der Waals surface area contributed by atoms with Crippen LogP contribution in [0.25, 0.3) is 0 Å². The topological polar surface area (TPSA) is 73.6 Å². The first-order chi connectivity index (χ1) is 5.67. The maximum atomic E-state index is 5.50. The second-order valence-corrected chi connectivity index (χ2v) is 2.68. The van der Waals surface area contributed by atoms with Crippen molar-refractivity contribution in [3.05, 3.63) is 24.3 Å². The Bertz CT molecular complexity index is 333. The van der Waals surface area contributed by atoms with Crippen molar-refractivity contribution in [3.63, 3.8) is 0 Å². The largest absolute Gasteiger partial charge is 0.452 e. The van der Waals surface area contributed by atoms with Gasteiger partial charge in [-0.15, -0.1) is 0 Å². The molecule has 0 saturated heterocycles. The quantitative estimate of drug-likeness (QED) is 0.542. The molecule has 4 nitrogen and oxygen atoms in total. The first kappa shape index (κ1) is 7.27. The smallest absolute Gasteiger partial charge is 0.250 e. The average molecular weight is 163 g/mol. The number of nitrogens with zero attached hydrogens (tertiary/aromatic N) is 1. The Morgan fingerprint density at radius 1 is 1.25 bits per heavy atom. The minimum atomic E-state index is -1.27. The Balaban J connectivity index is 2.46. The highest BCUT2D eigenvalue weighted by molar-refractivity contribution is 5.76. The molecule has 12 heavy (non-hydrogen) atoms. The molecule has 1 aromatic rings. The van der Waals surface area contributed by atoms with Crippen LogP contribution < -0.4 is 16.2 Å². The molecular formula is C8H9N3O. The van der Waals surface area contributed by atoms with Crippen LogP contribution in [0, 0.1) is 0 Å². The number of rotatable bonds is 0. The highest BCUT2D eigenvalue weighted by atomic mass is 16.5. The molecule has 1 aliphatic rings. The zero-order chi connectivity index (χ0) is 8.60. The Kier molecular flexibility index (Phi) is 1.39. The molecule has 0 bridgehead atoms. The third-order valence-electron chi connectivity index (χ3n) is 1.56. The third-order valence-corrected chi connectivity index (χ3v) is 1.56. The van der Waals surface area contributed by atoms with E-state index < -0.39 is 5.85 Å². The van der Waals surface area contributed by atoms with Gasteiger partial charge in [0.05, 0.1) is 6.21 Å². The van der Waals surface area contributed by atoms with Crippen LogP contribution in [0.3, 0.4) is 0 Å². The SMILES string of the molecule is NC1(N)C=Nc2ccccc2O1. The summed E-state index contributed by atoms with van der Waals surface area (Å²) in [6.45, 7) is 0. The van der Waals surface area contributed by atoms with Gasteiger partial charge in [0.1, 0.15) is 11.4 Å². The summed E-state index contributed by atoms with van der Waals surface area (Å²) in [5.74, 6) is -0.654. The van der Waals surface area contributed by atoms with Crippen LogP contribution in [0.1, 0.15) is 0 Å². The van der Waals surface area contributed by atoms with Crippen LogP contribution in [0.4, 0.5) is 5.69 Å². The first-order valence-corrected chi connectivity index (χ1v) is 3.58. The summed E-state index contributed by atoms with van der Waals surface area (Å²) in [5, 5.41) is 0. The lowest BCUT2D eigenvalue weighted by molar-refractivity contribution is 0.158. The second kappa shape index (κ2) is 2.30. The van der Waals surface area contributed by atoms with Crippen molar-refractivity contribution < 1.29 is 4.74 Å². The van der Waals surface area contributed by atoms with Gasteiger partial charge in [0.2, 0.25) is 5.85 Å². The molecule has 2 rings (SSSR count). The first-order valence-electron chi connectivity index (χ1n) is 3.58. The fourth-order valence-electron chi connectivity index (χ4n) is 1.04.